The molecule has 0 bridgehead atoms. The summed E-state index contributed by atoms with van der Waals surface area (Å²) in [5, 5.41) is 0. The second-order valence-electron chi connectivity index (χ2n) is 5.08. The molecule has 0 heterocycles. The van der Waals surface area contributed by atoms with Crippen LogP contribution in [0.15, 0.2) is 11.8 Å². The third-order valence-corrected chi connectivity index (χ3v) is 3.50. The van der Waals surface area contributed by atoms with E-state index < -0.39 is 0 Å². The first-order chi connectivity index (χ1) is 8.12. The summed E-state index contributed by atoms with van der Waals surface area (Å²) < 4.78 is 16.1. The van der Waals surface area contributed by atoms with E-state index >= 15 is 0 Å². The van der Waals surface area contributed by atoms with Gasteiger partial charge in [0.1, 0.15) is 6.61 Å². The summed E-state index contributed by atoms with van der Waals surface area (Å²) in [7, 11) is 1.68. The average Bonchev–Trinajstić information content (AvgIpc) is 2.59. The van der Waals surface area contributed by atoms with Crippen LogP contribution in [0.1, 0.15) is 33.6 Å². The van der Waals surface area contributed by atoms with E-state index in [4.69, 9.17) is 14.2 Å². The molecule has 3 heteroatoms. The molecule has 17 heavy (non-hydrogen) atoms. The van der Waals surface area contributed by atoms with Gasteiger partial charge in [0.05, 0.1) is 25.6 Å². The van der Waals surface area contributed by atoms with Gasteiger partial charge in [0.15, 0.2) is 0 Å². The van der Waals surface area contributed by atoms with Crippen molar-refractivity contribution >= 4 is 0 Å². The number of methoxy groups -OCH3 is 1. The number of allylic oxidation sites excluding steroid dienone is 2. The lowest BCUT2D eigenvalue weighted by Gasteiger charge is -2.26. The van der Waals surface area contributed by atoms with Crippen LogP contribution in [0.2, 0.25) is 0 Å². The molecule has 0 saturated carbocycles. The first kappa shape index (κ1) is 14.5. The molecular formula is C14H26O3. The normalized spacial score (nSPS) is 28.2. The molecule has 1 aliphatic rings. The summed E-state index contributed by atoms with van der Waals surface area (Å²) in [6.07, 6.45) is 4.59. The molecule has 0 aliphatic heterocycles. The Kier molecular flexibility index (Phi) is 6.00. The molecule has 1 aliphatic carbocycles. The molecule has 2 atom stereocenters. The Morgan fingerprint density at radius 1 is 1.29 bits per heavy atom. The molecular weight excluding hydrogens is 216 g/mol. The highest BCUT2D eigenvalue weighted by Crippen LogP contribution is 2.44. The molecule has 0 N–H and O–H groups in total. The minimum atomic E-state index is 0.228. The number of rotatable bonds is 8. The van der Waals surface area contributed by atoms with Crippen molar-refractivity contribution in [2.75, 3.05) is 33.5 Å². The van der Waals surface area contributed by atoms with E-state index in [9.17, 15) is 0 Å². The standard InChI is InChI=1S/C14H26O3/c1-5-14(3)11-12(2)10-13(14)17-9-8-16-7-6-15-4/h10,12H,5-9,11H2,1-4H3. The van der Waals surface area contributed by atoms with Gasteiger partial charge < -0.3 is 14.2 Å². The Bertz CT molecular complexity index is 250. The highest BCUT2D eigenvalue weighted by atomic mass is 16.5. The van der Waals surface area contributed by atoms with Gasteiger partial charge >= 0.3 is 0 Å². The summed E-state index contributed by atoms with van der Waals surface area (Å²) in [5.41, 5.74) is 0.228. The quantitative estimate of drug-likeness (QED) is 0.612. The zero-order valence-electron chi connectivity index (χ0n) is 11.6. The van der Waals surface area contributed by atoms with Crippen LogP contribution in [-0.2, 0) is 14.2 Å². The Labute approximate surface area is 105 Å². The molecule has 0 aromatic carbocycles. The van der Waals surface area contributed by atoms with Gasteiger partial charge in [0.2, 0.25) is 0 Å². The highest BCUT2D eigenvalue weighted by Gasteiger charge is 2.35. The van der Waals surface area contributed by atoms with Gasteiger partial charge in [-0.15, -0.1) is 0 Å². The molecule has 0 aromatic heterocycles. The van der Waals surface area contributed by atoms with E-state index in [-0.39, 0.29) is 5.41 Å². The fraction of sp³-hybridized carbons (Fsp3) is 0.857. The van der Waals surface area contributed by atoms with E-state index in [1.807, 2.05) is 0 Å². The highest BCUT2D eigenvalue weighted by molar-refractivity contribution is 5.15. The van der Waals surface area contributed by atoms with Crippen molar-refractivity contribution in [1.82, 2.24) is 0 Å². The largest absolute Gasteiger partial charge is 0.495 e. The summed E-state index contributed by atoms with van der Waals surface area (Å²) in [6, 6.07) is 0. The predicted octanol–water partition coefficient (Wildman–Crippen LogP) is 3.01. The van der Waals surface area contributed by atoms with Crippen LogP contribution in [0.3, 0.4) is 0 Å². The summed E-state index contributed by atoms with van der Waals surface area (Å²) in [5.74, 6) is 1.78. The van der Waals surface area contributed by atoms with Crippen LogP contribution in [-0.4, -0.2) is 33.5 Å². The zero-order valence-corrected chi connectivity index (χ0v) is 11.6. The second-order valence-corrected chi connectivity index (χ2v) is 5.08. The molecule has 0 saturated heterocycles. The van der Waals surface area contributed by atoms with Crippen molar-refractivity contribution in [1.29, 1.82) is 0 Å². The zero-order chi connectivity index (χ0) is 12.7. The Hall–Kier alpha value is -0.540. The first-order valence-corrected chi connectivity index (χ1v) is 6.54. The molecule has 1 rings (SSSR count). The fourth-order valence-corrected chi connectivity index (χ4v) is 2.33. The molecule has 3 nitrogen and oxygen atoms in total. The van der Waals surface area contributed by atoms with Crippen LogP contribution in [0.5, 0.6) is 0 Å². The monoisotopic (exact) mass is 242 g/mol. The van der Waals surface area contributed by atoms with Gasteiger partial charge in [-0.2, -0.15) is 0 Å². The van der Waals surface area contributed by atoms with Gasteiger partial charge in [0, 0.05) is 12.5 Å². The maximum absolute atomic E-state index is 5.86. The van der Waals surface area contributed by atoms with Gasteiger partial charge in [-0.1, -0.05) is 20.8 Å². The maximum atomic E-state index is 5.86. The van der Waals surface area contributed by atoms with Crippen LogP contribution in [0.25, 0.3) is 0 Å². The Morgan fingerprint density at radius 3 is 2.65 bits per heavy atom. The Balaban J connectivity index is 2.24. The first-order valence-electron chi connectivity index (χ1n) is 6.54. The third-order valence-electron chi connectivity index (χ3n) is 3.50. The van der Waals surface area contributed by atoms with Crippen molar-refractivity contribution < 1.29 is 14.2 Å². The van der Waals surface area contributed by atoms with Gasteiger partial charge in [-0.3, -0.25) is 0 Å². The number of ether oxygens (including phenoxy) is 3. The topological polar surface area (TPSA) is 27.7 Å². The van der Waals surface area contributed by atoms with E-state index in [1.165, 1.54) is 6.42 Å². The van der Waals surface area contributed by atoms with Gasteiger partial charge in [0.25, 0.3) is 0 Å². The van der Waals surface area contributed by atoms with E-state index in [0.29, 0.717) is 32.3 Å². The maximum Gasteiger partial charge on any atom is 0.111 e. The van der Waals surface area contributed by atoms with E-state index in [2.05, 4.69) is 26.8 Å². The molecule has 100 valence electrons. The van der Waals surface area contributed by atoms with Crippen LogP contribution < -0.4 is 0 Å². The van der Waals surface area contributed by atoms with Gasteiger partial charge in [-0.05, 0) is 24.8 Å². The Morgan fingerprint density at radius 2 is 2.00 bits per heavy atom. The van der Waals surface area contributed by atoms with Crippen molar-refractivity contribution in [3.8, 4) is 0 Å². The lowest BCUT2D eigenvalue weighted by atomic mass is 9.84. The minimum Gasteiger partial charge on any atom is -0.495 e. The van der Waals surface area contributed by atoms with Crippen molar-refractivity contribution in [3.05, 3.63) is 11.8 Å². The van der Waals surface area contributed by atoms with Crippen molar-refractivity contribution in [2.24, 2.45) is 11.3 Å². The van der Waals surface area contributed by atoms with E-state index in [0.717, 1.165) is 12.2 Å². The smallest absolute Gasteiger partial charge is 0.111 e. The predicted molar refractivity (Wildman–Crippen MR) is 68.9 cm³/mol. The lowest BCUT2D eigenvalue weighted by molar-refractivity contribution is 0.0312. The average molecular weight is 242 g/mol. The third kappa shape index (κ3) is 4.32. The van der Waals surface area contributed by atoms with Crippen LogP contribution >= 0.6 is 0 Å². The van der Waals surface area contributed by atoms with Crippen molar-refractivity contribution in [3.63, 3.8) is 0 Å². The summed E-state index contributed by atoms with van der Waals surface area (Å²) in [6.45, 7) is 9.32. The molecule has 0 aromatic rings. The second kappa shape index (κ2) is 7.02. The molecule has 0 fully saturated rings. The van der Waals surface area contributed by atoms with Crippen LogP contribution in [0, 0.1) is 11.3 Å². The molecule has 0 amide bonds. The van der Waals surface area contributed by atoms with Crippen LogP contribution in [0.4, 0.5) is 0 Å². The minimum absolute atomic E-state index is 0.228. The summed E-state index contributed by atoms with van der Waals surface area (Å²) >= 11 is 0. The van der Waals surface area contributed by atoms with Gasteiger partial charge in [-0.25, -0.2) is 0 Å². The SMILES string of the molecule is CCC1(C)CC(C)C=C1OCCOCCOC. The number of hydrogen-bond acceptors (Lipinski definition) is 3. The molecule has 0 spiro atoms. The number of hydrogen-bond donors (Lipinski definition) is 0. The van der Waals surface area contributed by atoms with Crippen molar-refractivity contribution in [2.45, 2.75) is 33.6 Å². The van der Waals surface area contributed by atoms with E-state index in [1.54, 1.807) is 7.11 Å². The molecule has 2 unspecified atom stereocenters. The fourth-order valence-electron chi connectivity index (χ4n) is 2.33. The summed E-state index contributed by atoms with van der Waals surface area (Å²) in [4.78, 5) is 0. The lowest BCUT2D eigenvalue weighted by Crippen LogP contribution is -2.18. The molecule has 0 radical (unpaired) electrons.